The molecule has 1 fully saturated rings. The van der Waals surface area contributed by atoms with Gasteiger partial charge in [-0.25, -0.2) is 4.39 Å². The molecule has 1 aromatic carbocycles. The summed E-state index contributed by atoms with van der Waals surface area (Å²) in [5.74, 6) is -0.200. The van der Waals surface area contributed by atoms with Crippen LogP contribution in [0.5, 0.6) is 0 Å². The van der Waals surface area contributed by atoms with Crippen molar-refractivity contribution in [2.45, 2.75) is 31.9 Å². The van der Waals surface area contributed by atoms with Crippen molar-refractivity contribution in [3.8, 4) is 0 Å². The minimum absolute atomic E-state index is 0.200. The summed E-state index contributed by atoms with van der Waals surface area (Å²) in [5.41, 5.74) is 2.40. The van der Waals surface area contributed by atoms with Gasteiger partial charge in [-0.05, 0) is 49.7 Å². The van der Waals surface area contributed by atoms with Crippen LogP contribution in [0.3, 0.4) is 0 Å². The smallest absolute Gasteiger partial charge is 0.178 e. The van der Waals surface area contributed by atoms with Crippen molar-refractivity contribution >= 4 is 23.3 Å². The van der Waals surface area contributed by atoms with Gasteiger partial charge in [-0.2, -0.15) is 0 Å². The number of nitrogens with zero attached hydrogens (tertiary/aromatic N) is 1. The summed E-state index contributed by atoms with van der Waals surface area (Å²) in [5, 5.41) is 0. The van der Waals surface area contributed by atoms with E-state index in [9.17, 15) is 4.39 Å². The number of rotatable bonds is 2. The summed E-state index contributed by atoms with van der Waals surface area (Å²) in [7, 11) is 1.73. The van der Waals surface area contributed by atoms with Crippen LogP contribution in [0.2, 0.25) is 0 Å². The molecule has 1 aliphatic rings. The number of halogens is 1. The summed E-state index contributed by atoms with van der Waals surface area (Å²) in [6.07, 6.45) is 2.26. The zero-order chi connectivity index (χ0) is 12.9. The van der Waals surface area contributed by atoms with E-state index < -0.39 is 0 Å². The second-order valence-electron chi connectivity index (χ2n) is 4.90. The van der Waals surface area contributed by atoms with E-state index in [-0.39, 0.29) is 5.82 Å². The first-order valence-electron chi connectivity index (χ1n) is 6.03. The molecule has 1 aliphatic carbocycles. The Balaban J connectivity index is 2.09. The Kier molecular flexibility index (Phi) is 2.75. The molecule has 0 radical (unpaired) electrons. The highest BCUT2D eigenvalue weighted by Gasteiger charge is 2.31. The molecule has 1 N–H and O–H groups in total. The van der Waals surface area contributed by atoms with E-state index in [1.54, 1.807) is 14.0 Å². The molecular weight excluding hydrogens is 251 g/mol. The molecule has 0 saturated heterocycles. The average molecular weight is 266 g/mol. The third-order valence-electron chi connectivity index (χ3n) is 3.77. The van der Waals surface area contributed by atoms with Crippen LogP contribution in [0, 0.1) is 17.5 Å². The topological polar surface area (TPSA) is 29.9 Å². The third kappa shape index (κ3) is 1.69. The Hall–Kier alpha value is -1.20. The van der Waals surface area contributed by atoms with Crippen LogP contribution in [0.1, 0.15) is 24.4 Å². The maximum absolute atomic E-state index is 13.5. The van der Waals surface area contributed by atoms with Gasteiger partial charge in [0.15, 0.2) is 4.77 Å². The van der Waals surface area contributed by atoms with Gasteiger partial charge < -0.3 is 14.3 Å². The van der Waals surface area contributed by atoms with Crippen molar-refractivity contribution in [1.82, 2.24) is 9.55 Å². The van der Waals surface area contributed by atoms with Crippen molar-refractivity contribution in [1.29, 1.82) is 0 Å². The third-order valence-corrected chi connectivity index (χ3v) is 4.06. The number of hydrogen-bond donors (Lipinski definition) is 1. The highest BCUT2D eigenvalue weighted by atomic mass is 32.1. The molecule has 1 heterocycles. The first-order chi connectivity index (χ1) is 8.60. The Morgan fingerprint density at radius 3 is 2.83 bits per heavy atom. The lowest BCUT2D eigenvalue weighted by molar-refractivity contribution is 0.00697. The molecule has 0 amide bonds. The van der Waals surface area contributed by atoms with E-state index >= 15 is 0 Å². The van der Waals surface area contributed by atoms with Crippen LogP contribution in [0.25, 0.3) is 11.0 Å². The SMILES string of the molecule is COC1CC(n2c(=S)[nH]c3cc(F)c(C)cc32)C1. The molecule has 0 spiro atoms. The van der Waals surface area contributed by atoms with E-state index in [2.05, 4.69) is 9.55 Å². The molecule has 0 atom stereocenters. The van der Waals surface area contributed by atoms with Crippen LogP contribution in [0.4, 0.5) is 4.39 Å². The van der Waals surface area contributed by atoms with E-state index in [1.165, 1.54) is 6.07 Å². The fourth-order valence-electron chi connectivity index (χ4n) is 2.55. The molecule has 2 aromatic rings. The van der Waals surface area contributed by atoms with Crippen molar-refractivity contribution in [3.63, 3.8) is 0 Å². The molecule has 1 aromatic heterocycles. The van der Waals surface area contributed by atoms with E-state index in [1.807, 2.05) is 6.07 Å². The normalized spacial score (nSPS) is 23.3. The van der Waals surface area contributed by atoms with Gasteiger partial charge in [-0.3, -0.25) is 0 Å². The summed E-state index contributed by atoms with van der Waals surface area (Å²) < 4.78 is 21.6. The predicted molar refractivity (Wildman–Crippen MR) is 70.9 cm³/mol. The fourth-order valence-corrected chi connectivity index (χ4v) is 2.91. The predicted octanol–water partition coefficient (Wildman–Crippen LogP) is 3.50. The number of hydrogen-bond acceptors (Lipinski definition) is 2. The van der Waals surface area contributed by atoms with Crippen molar-refractivity contribution < 1.29 is 9.13 Å². The lowest BCUT2D eigenvalue weighted by Gasteiger charge is -2.35. The van der Waals surface area contributed by atoms with Crippen LogP contribution in [0.15, 0.2) is 12.1 Å². The maximum Gasteiger partial charge on any atom is 0.178 e. The number of fused-ring (bicyclic) bond motifs is 1. The average Bonchev–Trinajstić information content (AvgIpc) is 2.55. The quantitative estimate of drug-likeness (QED) is 0.843. The molecule has 18 heavy (non-hydrogen) atoms. The number of aryl methyl sites for hydroxylation is 1. The number of aromatic amines is 1. The Labute approximate surface area is 110 Å². The standard InChI is InChI=1S/C13H15FN2OS/c1-7-3-12-11(6-10(7)14)15-13(18)16(12)8-4-9(5-8)17-2/h3,6,8-9H,4-5H2,1-2H3,(H,15,18). The number of ether oxygens (including phenoxy) is 1. The Morgan fingerprint density at radius 2 is 2.17 bits per heavy atom. The van der Waals surface area contributed by atoms with E-state index in [0.29, 0.717) is 22.5 Å². The van der Waals surface area contributed by atoms with Crippen LogP contribution in [-0.4, -0.2) is 22.8 Å². The number of benzene rings is 1. The molecule has 1 saturated carbocycles. The van der Waals surface area contributed by atoms with Gasteiger partial charge in [0.05, 0.1) is 17.1 Å². The van der Waals surface area contributed by atoms with Gasteiger partial charge in [0, 0.05) is 13.2 Å². The Bertz CT molecular complexity index is 655. The highest BCUT2D eigenvalue weighted by Crippen LogP contribution is 2.36. The van der Waals surface area contributed by atoms with Gasteiger partial charge in [0.2, 0.25) is 0 Å². The minimum Gasteiger partial charge on any atom is -0.381 e. The Morgan fingerprint density at radius 1 is 1.44 bits per heavy atom. The number of H-pyrrole nitrogens is 1. The summed E-state index contributed by atoms with van der Waals surface area (Å²) >= 11 is 5.33. The maximum atomic E-state index is 13.5. The summed E-state index contributed by atoms with van der Waals surface area (Å²) in [6.45, 7) is 1.77. The van der Waals surface area contributed by atoms with Gasteiger partial charge >= 0.3 is 0 Å². The van der Waals surface area contributed by atoms with E-state index in [4.69, 9.17) is 17.0 Å². The van der Waals surface area contributed by atoms with Crippen LogP contribution in [-0.2, 0) is 4.74 Å². The summed E-state index contributed by atoms with van der Waals surface area (Å²) in [6, 6.07) is 3.74. The highest BCUT2D eigenvalue weighted by molar-refractivity contribution is 7.71. The number of imidazole rings is 1. The van der Waals surface area contributed by atoms with Crippen molar-refractivity contribution in [2.24, 2.45) is 0 Å². The molecule has 96 valence electrons. The molecule has 3 nitrogen and oxygen atoms in total. The van der Waals surface area contributed by atoms with E-state index in [0.717, 1.165) is 23.9 Å². The molecule has 3 rings (SSSR count). The number of nitrogens with one attached hydrogen (secondary N) is 1. The lowest BCUT2D eigenvalue weighted by atomic mass is 9.89. The zero-order valence-electron chi connectivity index (χ0n) is 10.4. The second kappa shape index (κ2) is 4.17. The van der Waals surface area contributed by atoms with Crippen molar-refractivity contribution in [3.05, 3.63) is 28.3 Å². The molecule has 0 aliphatic heterocycles. The lowest BCUT2D eigenvalue weighted by Crippen LogP contribution is -2.32. The molecule has 0 unspecified atom stereocenters. The van der Waals surface area contributed by atoms with Crippen LogP contribution >= 0.6 is 12.2 Å². The van der Waals surface area contributed by atoms with Gasteiger partial charge in [0.25, 0.3) is 0 Å². The molecule has 5 heteroatoms. The summed E-state index contributed by atoms with van der Waals surface area (Å²) in [4.78, 5) is 3.07. The minimum atomic E-state index is -0.200. The zero-order valence-corrected chi connectivity index (χ0v) is 11.2. The largest absolute Gasteiger partial charge is 0.381 e. The molecule has 0 bridgehead atoms. The number of aromatic nitrogens is 2. The van der Waals surface area contributed by atoms with Crippen molar-refractivity contribution in [2.75, 3.05) is 7.11 Å². The van der Waals surface area contributed by atoms with Gasteiger partial charge in [-0.1, -0.05) is 0 Å². The second-order valence-corrected chi connectivity index (χ2v) is 5.29. The first kappa shape index (κ1) is 11.9. The monoisotopic (exact) mass is 266 g/mol. The molecular formula is C13H15FN2OS. The van der Waals surface area contributed by atoms with Gasteiger partial charge in [0.1, 0.15) is 5.82 Å². The fraction of sp³-hybridized carbons (Fsp3) is 0.462. The first-order valence-corrected chi connectivity index (χ1v) is 6.44. The van der Waals surface area contributed by atoms with Crippen LogP contribution < -0.4 is 0 Å². The number of methoxy groups -OCH3 is 1. The van der Waals surface area contributed by atoms with Gasteiger partial charge in [-0.15, -0.1) is 0 Å².